The predicted molar refractivity (Wildman–Crippen MR) is 297 cm³/mol. The maximum Gasteiger partial charge on any atom is 0.305 e. The van der Waals surface area contributed by atoms with Crippen LogP contribution >= 0.6 is 0 Å². The monoisotopic (exact) mass is 960 g/mol. The molecular formula is C62H121NO5. The van der Waals surface area contributed by atoms with Crippen LogP contribution in [0.5, 0.6) is 0 Å². The summed E-state index contributed by atoms with van der Waals surface area (Å²) in [5, 5.41) is 23.2. The molecule has 0 spiro atoms. The van der Waals surface area contributed by atoms with Crippen molar-refractivity contribution in [2.75, 3.05) is 13.2 Å². The van der Waals surface area contributed by atoms with Crippen molar-refractivity contribution in [3.8, 4) is 0 Å². The smallest absolute Gasteiger partial charge is 0.305 e. The average Bonchev–Trinajstić information content (AvgIpc) is 3.34. The number of rotatable bonds is 58. The molecule has 0 saturated carbocycles. The van der Waals surface area contributed by atoms with Gasteiger partial charge in [-0.25, -0.2) is 0 Å². The van der Waals surface area contributed by atoms with Crippen LogP contribution in [-0.2, 0) is 14.3 Å². The number of hydrogen-bond donors (Lipinski definition) is 3. The van der Waals surface area contributed by atoms with Crippen LogP contribution in [0.15, 0.2) is 12.2 Å². The van der Waals surface area contributed by atoms with Gasteiger partial charge in [-0.15, -0.1) is 0 Å². The molecule has 0 aliphatic heterocycles. The molecule has 0 fully saturated rings. The van der Waals surface area contributed by atoms with E-state index in [9.17, 15) is 19.8 Å². The Kier molecular flexibility index (Phi) is 57.0. The van der Waals surface area contributed by atoms with Gasteiger partial charge in [-0.2, -0.15) is 0 Å². The van der Waals surface area contributed by atoms with Crippen LogP contribution in [0.1, 0.15) is 348 Å². The van der Waals surface area contributed by atoms with Crippen LogP contribution < -0.4 is 5.32 Å². The highest BCUT2D eigenvalue weighted by molar-refractivity contribution is 5.76. The number of carbonyl (C=O) groups is 2. The number of aliphatic hydroxyl groups excluding tert-OH is 2. The average molecular weight is 961 g/mol. The first kappa shape index (κ1) is 66.6. The molecule has 6 heteroatoms. The van der Waals surface area contributed by atoms with E-state index in [0.29, 0.717) is 25.9 Å². The lowest BCUT2D eigenvalue weighted by Crippen LogP contribution is -2.45. The summed E-state index contributed by atoms with van der Waals surface area (Å²) in [6.45, 7) is 4.97. The summed E-state index contributed by atoms with van der Waals surface area (Å²) < 4.78 is 5.49. The highest BCUT2D eigenvalue weighted by Crippen LogP contribution is 2.18. The summed E-state index contributed by atoms with van der Waals surface area (Å²) >= 11 is 0. The summed E-state index contributed by atoms with van der Waals surface area (Å²) in [6.07, 6.45) is 69.3. The Morgan fingerprint density at radius 3 is 1.04 bits per heavy atom. The fraction of sp³-hybridized carbons (Fsp3) is 0.935. The van der Waals surface area contributed by atoms with Crippen molar-refractivity contribution < 1.29 is 24.5 Å². The van der Waals surface area contributed by atoms with Crippen LogP contribution in [0, 0.1) is 0 Å². The van der Waals surface area contributed by atoms with E-state index in [1.807, 2.05) is 0 Å². The van der Waals surface area contributed by atoms with Gasteiger partial charge in [0, 0.05) is 12.8 Å². The summed E-state index contributed by atoms with van der Waals surface area (Å²) in [7, 11) is 0. The SMILES string of the molecule is CCCCCCCCCCCCCCCCCCC(=O)OCCCCCCCCCCCCC/C=C\CCCCCCCCCC(=O)NC(CO)C(O)CCCCCCCCCCCCCCC. The zero-order valence-electron chi connectivity index (χ0n) is 46.1. The normalized spacial score (nSPS) is 12.6. The van der Waals surface area contributed by atoms with Gasteiger partial charge < -0.3 is 20.3 Å². The van der Waals surface area contributed by atoms with E-state index < -0.39 is 12.1 Å². The molecule has 2 unspecified atom stereocenters. The molecule has 68 heavy (non-hydrogen) atoms. The Morgan fingerprint density at radius 1 is 0.397 bits per heavy atom. The highest BCUT2D eigenvalue weighted by Gasteiger charge is 2.20. The minimum absolute atomic E-state index is 0.0140. The molecule has 0 aromatic carbocycles. The van der Waals surface area contributed by atoms with Gasteiger partial charge in [0.25, 0.3) is 0 Å². The minimum atomic E-state index is -0.667. The van der Waals surface area contributed by atoms with E-state index in [1.54, 1.807) is 0 Å². The number of esters is 1. The van der Waals surface area contributed by atoms with E-state index in [0.717, 1.165) is 38.5 Å². The molecule has 0 aromatic heterocycles. The number of allylic oxidation sites excluding steroid dienone is 2. The van der Waals surface area contributed by atoms with Crippen molar-refractivity contribution >= 4 is 11.9 Å². The number of nitrogens with one attached hydrogen (secondary N) is 1. The first-order valence-electron chi connectivity index (χ1n) is 30.9. The van der Waals surface area contributed by atoms with Crippen molar-refractivity contribution in [1.82, 2.24) is 5.32 Å². The Balaban J connectivity index is 3.38. The van der Waals surface area contributed by atoms with Crippen LogP contribution in [-0.4, -0.2) is 47.4 Å². The molecule has 0 aliphatic rings. The number of ether oxygens (including phenoxy) is 1. The third-order valence-electron chi connectivity index (χ3n) is 14.6. The van der Waals surface area contributed by atoms with Crippen molar-refractivity contribution in [3.63, 3.8) is 0 Å². The first-order valence-corrected chi connectivity index (χ1v) is 30.9. The van der Waals surface area contributed by atoms with E-state index in [4.69, 9.17) is 4.74 Å². The van der Waals surface area contributed by atoms with Gasteiger partial charge in [0.2, 0.25) is 5.91 Å². The van der Waals surface area contributed by atoms with E-state index >= 15 is 0 Å². The lowest BCUT2D eigenvalue weighted by Gasteiger charge is -2.22. The Morgan fingerprint density at radius 2 is 0.691 bits per heavy atom. The zero-order chi connectivity index (χ0) is 49.3. The predicted octanol–water partition coefficient (Wildman–Crippen LogP) is 19.2. The molecular weight excluding hydrogens is 839 g/mol. The van der Waals surface area contributed by atoms with Gasteiger partial charge in [0.15, 0.2) is 0 Å². The number of hydrogen-bond acceptors (Lipinski definition) is 5. The van der Waals surface area contributed by atoms with Crippen molar-refractivity contribution in [2.45, 2.75) is 360 Å². The second-order valence-electron chi connectivity index (χ2n) is 21.4. The van der Waals surface area contributed by atoms with E-state index in [2.05, 4.69) is 31.3 Å². The summed E-state index contributed by atoms with van der Waals surface area (Å²) in [6, 6.07) is -0.545. The minimum Gasteiger partial charge on any atom is -0.466 e. The largest absolute Gasteiger partial charge is 0.466 e. The molecule has 3 N–H and O–H groups in total. The third-order valence-corrected chi connectivity index (χ3v) is 14.6. The number of amides is 1. The van der Waals surface area contributed by atoms with Crippen LogP contribution in [0.3, 0.4) is 0 Å². The Hall–Kier alpha value is -1.40. The van der Waals surface area contributed by atoms with Crippen molar-refractivity contribution in [1.29, 1.82) is 0 Å². The lowest BCUT2D eigenvalue weighted by atomic mass is 10.0. The van der Waals surface area contributed by atoms with Gasteiger partial charge in [0.1, 0.15) is 0 Å². The highest BCUT2D eigenvalue weighted by atomic mass is 16.5. The molecule has 0 rings (SSSR count). The molecule has 0 heterocycles. The molecule has 0 aliphatic carbocycles. The maximum absolute atomic E-state index is 12.5. The first-order chi connectivity index (χ1) is 33.5. The van der Waals surface area contributed by atoms with Gasteiger partial charge >= 0.3 is 5.97 Å². The number of unbranched alkanes of at least 4 members (excludes halogenated alkanes) is 45. The topological polar surface area (TPSA) is 95.9 Å². The third kappa shape index (κ3) is 53.9. The second-order valence-corrected chi connectivity index (χ2v) is 21.4. The maximum atomic E-state index is 12.5. The fourth-order valence-electron chi connectivity index (χ4n) is 9.81. The Labute approximate surface area is 425 Å². The van der Waals surface area contributed by atoms with Crippen LogP contribution in [0.2, 0.25) is 0 Å². The number of carbonyl (C=O) groups excluding carboxylic acids is 2. The van der Waals surface area contributed by atoms with Crippen molar-refractivity contribution in [2.24, 2.45) is 0 Å². The van der Waals surface area contributed by atoms with E-state index in [1.165, 1.54) is 276 Å². The Bertz CT molecular complexity index is 1020. The fourth-order valence-corrected chi connectivity index (χ4v) is 9.81. The number of aliphatic hydroxyl groups is 2. The van der Waals surface area contributed by atoms with Gasteiger partial charge in [-0.1, -0.05) is 296 Å². The zero-order valence-corrected chi connectivity index (χ0v) is 46.1. The van der Waals surface area contributed by atoms with Gasteiger partial charge in [0.05, 0.1) is 25.4 Å². The van der Waals surface area contributed by atoms with Gasteiger partial charge in [-0.3, -0.25) is 9.59 Å². The standard InChI is InChI=1S/C62H121NO5/c1-3-5-7-9-11-13-15-17-18-28-32-36-40-44-48-52-56-62(67)68-57-53-49-45-41-37-33-29-26-24-22-20-19-21-23-25-27-31-35-39-43-47-51-55-61(66)63-59(58-64)60(65)54-50-46-42-38-34-30-16-14-12-10-8-6-4-2/h21,23,59-60,64-65H,3-20,22,24-58H2,1-2H3,(H,63,66)/b23-21-. The summed E-state index contributed by atoms with van der Waals surface area (Å²) in [5.74, 6) is -0.0264. The second kappa shape index (κ2) is 58.2. The molecule has 0 radical (unpaired) electrons. The van der Waals surface area contributed by atoms with Gasteiger partial charge in [-0.05, 0) is 51.4 Å². The van der Waals surface area contributed by atoms with Crippen molar-refractivity contribution in [3.05, 3.63) is 12.2 Å². The summed E-state index contributed by atoms with van der Waals surface area (Å²) in [5.41, 5.74) is 0. The van der Waals surface area contributed by atoms with Crippen LogP contribution in [0.25, 0.3) is 0 Å². The van der Waals surface area contributed by atoms with E-state index in [-0.39, 0.29) is 18.5 Å². The van der Waals surface area contributed by atoms with Crippen LogP contribution in [0.4, 0.5) is 0 Å². The molecule has 0 bridgehead atoms. The molecule has 2 atom stereocenters. The molecule has 1 amide bonds. The molecule has 6 nitrogen and oxygen atoms in total. The lowest BCUT2D eigenvalue weighted by molar-refractivity contribution is -0.143. The summed E-state index contributed by atoms with van der Waals surface area (Å²) in [4.78, 5) is 24.5. The molecule has 404 valence electrons. The quantitative estimate of drug-likeness (QED) is 0.0321. The molecule has 0 aromatic rings. The molecule has 0 saturated heterocycles.